The molecule has 0 radical (unpaired) electrons. The Morgan fingerprint density at radius 2 is 2.05 bits per heavy atom. The Hall–Kier alpha value is -2.35. The van der Waals surface area contributed by atoms with Crippen molar-refractivity contribution >= 4 is 29.2 Å². The number of amides is 1. The second-order valence-corrected chi connectivity index (χ2v) is 6.11. The van der Waals surface area contributed by atoms with Crippen LogP contribution in [-0.2, 0) is 5.41 Å². The molecule has 7 nitrogen and oxygen atoms in total. The minimum atomic E-state index is -1.16. The van der Waals surface area contributed by atoms with Crippen molar-refractivity contribution in [2.24, 2.45) is 0 Å². The lowest BCUT2D eigenvalue weighted by atomic mass is 9.91. The average Bonchev–Trinajstić information content (AvgIpc) is 2.88. The summed E-state index contributed by atoms with van der Waals surface area (Å²) in [6.07, 6.45) is 1.41. The van der Waals surface area contributed by atoms with Crippen molar-refractivity contribution in [3.63, 3.8) is 0 Å². The van der Waals surface area contributed by atoms with Gasteiger partial charge < -0.3 is 10.4 Å². The van der Waals surface area contributed by atoms with Gasteiger partial charge in [0.15, 0.2) is 0 Å². The first-order chi connectivity index (χ1) is 9.80. The fourth-order valence-corrected chi connectivity index (χ4v) is 2.44. The quantitative estimate of drug-likeness (QED) is 0.900. The molecule has 2 aromatic rings. The van der Waals surface area contributed by atoms with E-state index in [4.69, 9.17) is 5.11 Å². The first kappa shape index (κ1) is 15.0. The molecule has 0 saturated carbocycles. The summed E-state index contributed by atoms with van der Waals surface area (Å²) in [6.45, 7) is 5.76. The van der Waals surface area contributed by atoms with Crippen LogP contribution in [0.15, 0.2) is 18.3 Å². The summed E-state index contributed by atoms with van der Waals surface area (Å²) in [6, 6.07) is 2.87. The maximum Gasteiger partial charge on any atom is 0.339 e. The smallest absolute Gasteiger partial charge is 0.339 e. The first-order valence-corrected chi connectivity index (χ1v) is 6.90. The summed E-state index contributed by atoms with van der Waals surface area (Å²) in [5.74, 6) is -1.61. The van der Waals surface area contributed by atoms with Crippen LogP contribution in [0, 0.1) is 0 Å². The number of aromatic nitrogens is 3. The summed E-state index contributed by atoms with van der Waals surface area (Å²) in [5.41, 5.74) is 0.165. The average molecular weight is 306 g/mol. The second kappa shape index (κ2) is 5.57. The number of nitrogens with zero attached hydrogens (tertiary/aromatic N) is 3. The zero-order valence-electron chi connectivity index (χ0n) is 11.7. The molecule has 0 bridgehead atoms. The van der Waals surface area contributed by atoms with Gasteiger partial charge in [-0.15, -0.1) is 5.10 Å². The van der Waals surface area contributed by atoms with Gasteiger partial charge in [-0.05, 0) is 23.7 Å². The van der Waals surface area contributed by atoms with E-state index in [1.807, 2.05) is 20.8 Å². The van der Waals surface area contributed by atoms with Gasteiger partial charge in [0.2, 0.25) is 0 Å². The van der Waals surface area contributed by atoms with E-state index in [1.54, 1.807) is 0 Å². The molecule has 0 aliphatic rings. The molecule has 0 saturated heterocycles. The highest BCUT2D eigenvalue weighted by molar-refractivity contribution is 7.08. The molecule has 0 spiro atoms. The van der Waals surface area contributed by atoms with E-state index in [-0.39, 0.29) is 16.8 Å². The number of aromatic carboxylic acids is 1. The lowest BCUT2D eigenvalue weighted by Gasteiger charge is -2.16. The van der Waals surface area contributed by atoms with E-state index >= 15 is 0 Å². The third-order valence-electron chi connectivity index (χ3n) is 2.67. The normalized spacial score (nSPS) is 11.2. The van der Waals surface area contributed by atoms with Gasteiger partial charge in [0.05, 0.1) is 5.69 Å². The number of anilines is 1. The predicted molar refractivity (Wildman–Crippen MR) is 77.8 cm³/mol. The molecular weight excluding hydrogens is 292 g/mol. The van der Waals surface area contributed by atoms with Crippen LogP contribution in [0.5, 0.6) is 0 Å². The van der Waals surface area contributed by atoms with Gasteiger partial charge in [-0.3, -0.25) is 4.79 Å². The van der Waals surface area contributed by atoms with E-state index < -0.39 is 11.9 Å². The third kappa shape index (κ3) is 3.22. The van der Waals surface area contributed by atoms with Crippen LogP contribution in [0.3, 0.4) is 0 Å². The Bertz CT molecular complexity index is 691. The Labute approximate surface area is 125 Å². The molecule has 0 fully saturated rings. The molecule has 1 amide bonds. The molecule has 0 unspecified atom stereocenters. The maximum absolute atomic E-state index is 12.3. The monoisotopic (exact) mass is 306 g/mol. The van der Waals surface area contributed by atoms with E-state index in [2.05, 4.69) is 19.9 Å². The van der Waals surface area contributed by atoms with Crippen LogP contribution in [0.25, 0.3) is 0 Å². The summed E-state index contributed by atoms with van der Waals surface area (Å²) in [4.78, 5) is 27.7. The van der Waals surface area contributed by atoms with Crippen molar-refractivity contribution in [1.82, 2.24) is 14.6 Å². The van der Waals surface area contributed by atoms with Gasteiger partial charge in [0.25, 0.3) is 5.91 Å². The van der Waals surface area contributed by atoms with Gasteiger partial charge in [0.1, 0.15) is 16.3 Å². The van der Waals surface area contributed by atoms with Crippen LogP contribution >= 0.6 is 11.5 Å². The van der Waals surface area contributed by atoms with Crippen LogP contribution in [-0.4, -0.2) is 31.6 Å². The largest absolute Gasteiger partial charge is 0.478 e. The van der Waals surface area contributed by atoms with Crippen LogP contribution < -0.4 is 5.32 Å². The summed E-state index contributed by atoms with van der Waals surface area (Å²) >= 11 is 0.970. The lowest BCUT2D eigenvalue weighted by molar-refractivity contribution is 0.0697. The number of carboxylic acids is 1. The summed E-state index contributed by atoms with van der Waals surface area (Å²) in [5, 5.41) is 15.6. The molecule has 21 heavy (non-hydrogen) atoms. The SMILES string of the molecule is CC(C)(C)c1nnsc1C(=O)Nc1ncccc1C(=O)O. The van der Waals surface area contributed by atoms with Crippen molar-refractivity contribution < 1.29 is 14.7 Å². The van der Waals surface area contributed by atoms with Crippen molar-refractivity contribution in [3.8, 4) is 0 Å². The highest BCUT2D eigenvalue weighted by Crippen LogP contribution is 2.26. The number of hydrogen-bond acceptors (Lipinski definition) is 6. The van der Waals surface area contributed by atoms with Crippen LogP contribution in [0.2, 0.25) is 0 Å². The van der Waals surface area contributed by atoms with Gasteiger partial charge in [-0.1, -0.05) is 25.3 Å². The topological polar surface area (TPSA) is 105 Å². The highest BCUT2D eigenvalue weighted by Gasteiger charge is 2.27. The van der Waals surface area contributed by atoms with E-state index in [1.165, 1.54) is 18.3 Å². The molecule has 0 atom stereocenters. The zero-order chi connectivity index (χ0) is 15.6. The standard InChI is InChI=1S/C13H14N4O3S/c1-13(2,3)9-8(21-17-16-9)11(18)15-10-7(12(19)20)5-4-6-14-10/h4-6H,1-3H3,(H,19,20)(H,14,15,18). The number of rotatable bonds is 3. The molecule has 0 aliphatic carbocycles. The molecule has 110 valence electrons. The molecule has 2 aromatic heterocycles. The number of pyridine rings is 1. The highest BCUT2D eigenvalue weighted by atomic mass is 32.1. The third-order valence-corrected chi connectivity index (χ3v) is 3.40. The van der Waals surface area contributed by atoms with Gasteiger partial charge in [-0.25, -0.2) is 9.78 Å². The number of hydrogen-bond donors (Lipinski definition) is 2. The fourth-order valence-electron chi connectivity index (χ4n) is 1.67. The Morgan fingerprint density at radius 3 is 2.67 bits per heavy atom. The van der Waals surface area contributed by atoms with Gasteiger partial charge in [0, 0.05) is 11.6 Å². The van der Waals surface area contributed by atoms with E-state index in [0.717, 1.165) is 11.5 Å². The van der Waals surface area contributed by atoms with Crippen LogP contribution in [0.1, 0.15) is 46.5 Å². The van der Waals surface area contributed by atoms with Crippen molar-refractivity contribution in [2.45, 2.75) is 26.2 Å². The summed E-state index contributed by atoms with van der Waals surface area (Å²) < 4.78 is 3.80. The van der Waals surface area contributed by atoms with Crippen molar-refractivity contribution in [2.75, 3.05) is 5.32 Å². The zero-order valence-corrected chi connectivity index (χ0v) is 12.6. The molecular formula is C13H14N4O3S. The maximum atomic E-state index is 12.3. The lowest BCUT2D eigenvalue weighted by Crippen LogP contribution is -2.21. The number of carbonyl (C=O) groups is 2. The first-order valence-electron chi connectivity index (χ1n) is 6.13. The van der Waals surface area contributed by atoms with Crippen molar-refractivity contribution in [1.29, 1.82) is 0 Å². The Balaban J connectivity index is 2.32. The van der Waals surface area contributed by atoms with Crippen LogP contribution in [0.4, 0.5) is 5.82 Å². The fraction of sp³-hybridized carbons (Fsp3) is 0.308. The molecule has 2 rings (SSSR count). The number of carboxylic acid groups (broad SMARTS) is 1. The Kier molecular flexibility index (Phi) is 3.99. The minimum Gasteiger partial charge on any atom is -0.478 e. The van der Waals surface area contributed by atoms with E-state index in [9.17, 15) is 9.59 Å². The second-order valence-electron chi connectivity index (χ2n) is 5.36. The number of carbonyl (C=O) groups excluding carboxylic acids is 1. The molecule has 2 heterocycles. The molecule has 0 aliphatic heterocycles. The molecule has 2 N–H and O–H groups in total. The minimum absolute atomic E-state index is 0.00302. The summed E-state index contributed by atoms with van der Waals surface area (Å²) in [7, 11) is 0. The van der Waals surface area contributed by atoms with Gasteiger partial charge in [-0.2, -0.15) is 0 Å². The van der Waals surface area contributed by atoms with E-state index in [0.29, 0.717) is 10.6 Å². The predicted octanol–water partition coefficient (Wildman–Crippen LogP) is 2.18. The van der Waals surface area contributed by atoms with Gasteiger partial charge >= 0.3 is 5.97 Å². The van der Waals surface area contributed by atoms with Crippen molar-refractivity contribution in [3.05, 3.63) is 34.5 Å². The number of nitrogens with one attached hydrogen (secondary N) is 1. The molecule has 8 heteroatoms. The Morgan fingerprint density at radius 1 is 1.33 bits per heavy atom. The molecule has 0 aromatic carbocycles.